The average molecular weight is 483 g/mol. The summed E-state index contributed by atoms with van der Waals surface area (Å²) in [6.07, 6.45) is 6.19. The lowest BCUT2D eigenvalue weighted by Crippen LogP contribution is -2.49. The Bertz CT molecular complexity index is 1160. The maximum Gasteiger partial charge on any atom is 0.259 e. The number of halogens is 2. The Morgan fingerprint density at radius 3 is 2.34 bits per heavy atom. The quantitative estimate of drug-likeness (QED) is 0.513. The van der Waals surface area contributed by atoms with Crippen LogP contribution < -0.4 is 10.2 Å². The van der Waals surface area contributed by atoms with E-state index in [4.69, 9.17) is 9.15 Å². The third-order valence-electron chi connectivity index (χ3n) is 6.17. The Morgan fingerprint density at radius 1 is 1.06 bits per heavy atom. The number of carbonyl (C=O) groups excluding carboxylic acids is 2. The number of nitrogens with zero attached hydrogens (tertiary/aromatic N) is 4. The van der Waals surface area contributed by atoms with Crippen molar-refractivity contribution in [1.29, 1.82) is 0 Å². The van der Waals surface area contributed by atoms with Crippen molar-refractivity contribution in [2.24, 2.45) is 0 Å². The second-order valence-electron chi connectivity index (χ2n) is 8.66. The predicted molar refractivity (Wildman–Crippen MR) is 119 cm³/mol. The molecule has 0 spiro atoms. The molecule has 1 aliphatic heterocycles. The molecule has 182 valence electrons. The molecule has 9 nitrogen and oxygen atoms in total. The number of amides is 2. The van der Waals surface area contributed by atoms with Gasteiger partial charge in [-0.05, 0) is 37.1 Å². The third kappa shape index (κ3) is 5.19. The molecule has 0 radical (unpaired) electrons. The first-order valence-electron chi connectivity index (χ1n) is 11.3. The minimum absolute atomic E-state index is 0.155. The minimum atomic E-state index is -2.72. The van der Waals surface area contributed by atoms with Gasteiger partial charge in [0.2, 0.25) is 11.8 Å². The number of epoxide rings is 1. The van der Waals surface area contributed by atoms with E-state index >= 15 is 0 Å². The SMILES string of the molecule is O=C(NC1CCC(F)(F)CC1)[C@H](c1cncnc1)N(C(=O)[C@@H]1CO1)c1ccc(-c2cnco2)cc1. The number of carbonyl (C=O) groups is 2. The summed E-state index contributed by atoms with van der Waals surface area (Å²) in [6, 6.07) is 5.36. The van der Waals surface area contributed by atoms with E-state index in [1.54, 1.807) is 30.5 Å². The van der Waals surface area contributed by atoms with Crippen molar-refractivity contribution >= 4 is 17.5 Å². The standard InChI is InChI=1S/C24H23F2N5O4/c25-24(26)7-5-17(6-8-24)30-22(32)21(16-9-27-13-28-10-16)31(23(33)20-12-34-20)18-3-1-15(2-4-18)19-11-29-14-35-19/h1-4,9-11,13-14,17,20-21H,5-8,12H2,(H,30,32)/t20-,21-/m0/s1. The zero-order valence-electron chi connectivity index (χ0n) is 18.6. The average Bonchev–Trinajstić information content (AvgIpc) is 3.58. The number of anilines is 1. The molecule has 1 aliphatic carbocycles. The molecule has 11 heteroatoms. The van der Waals surface area contributed by atoms with E-state index < -0.39 is 35.9 Å². The van der Waals surface area contributed by atoms with E-state index in [9.17, 15) is 18.4 Å². The van der Waals surface area contributed by atoms with Crippen LogP contribution in [-0.4, -0.2) is 51.4 Å². The van der Waals surface area contributed by atoms with Gasteiger partial charge in [0.15, 0.2) is 18.3 Å². The summed E-state index contributed by atoms with van der Waals surface area (Å²) >= 11 is 0. The molecule has 3 aromatic rings. The summed E-state index contributed by atoms with van der Waals surface area (Å²) < 4.78 is 37.8. The van der Waals surface area contributed by atoms with Gasteiger partial charge in [-0.3, -0.25) is 14.5 Å². The van der Waals surface area contributed by atoms with E-state index in [-0.39, 0.29) is 32.3 Å². The summed E-state index contributed by atoms with van der Waals surface area (Å²) in [5, 5.41) is 2.87. The number of benzene rings is 1. The van der Waals surface area contributed by atoms with Gasteiger partial charge in [0.25, 0.3) is 5.91 Å². The second kappa shape index (κ2) is 9.49. The molecular weight excluding hydrogens is 460 g/mol. The number of ether oxygens (including phenoxy) is 1. The highest BCUT2D eigenvalue weighted by molar-refractivity contribution is 6.04. The molecule has 0 bridgehead atoms. The van der Waals surface area contributed by atoms with Gasteiger partial charge in [0.1, 0.15) is 12.4 Å². The largest absolute Gasteiger partial charge is 0.444 e. The highest BCUT2D eigenvalue weighted by atomic mass is 19.3. The molecule has 2 aromatic heterocycles. The first-order valence-corrected chi connectivity index (χ1v) is 11.3. The van der Waals surface area contributed by atoms with E-state index in [1.165, 1.54) is 30.0 Å². The molecule has 2 fully saturated rings. The van der Waals surface area contributed by atoms with Gasteiger partial charge in [0.05, 0.1) is 12.8 Å². The van der Waals surface area contributed by atoms with Gasteiger partial charge < -0.3 is 14.5 Å². The maximum absolute atomic E-state index is 13.6. The Labute approximate surface area is 199 Å². The molecule has 3 heterocycles. The molecule has 0 unspecified atom stereocenters. The van der Waals surface area contributed by atoms with Crippen molar-refractivity contribution in [3.05, 3.63) is 61.1 Å². The van der Waals surface area contributed by atoms with Gasteiger partial charge in [-0.15, -0.1) is 0 Å². The summed E-state index contributed by atoms with van der Waals surface area (Å²) in [7, 11) is 0. The Balaban J connectivity index is 1.47. The van der Waals surface area contributed by atoms with Crippen molar-refractivity contribution in [2.75, 3.05) is 11.5 Å². The molecule has 2 atom stereocenters. The Morgan fingerprint density at radius 2 is 1.74 bits per heavy atom. The number of rotatable bonds is 7. The van der Waals surface area contributed by atoms with Crippen LogP contribution in [0.1, 0.15) is 37.3 Å². The van der Waals surface area contributed by atoms with Crippen molar-refractivity contribution < 1.29 is 27.5 Å². The van der Waals surface area contributed by atoms with Crippen LogP contribution >= 0.6 is 0 Å². The monoisotopic (exact) mass is 483 g/mol. The maximum atomic E-state index is 13.6. The van der Waals surface area contributed by atoms with Crippen LogP contribution in [0.25, 0.3) is 11.3 Å². The molecular formula is C24H23F2N5O4. The van der Waals surface area contributed by atoms with Crippen LogP contribution in [0.3, 0.4) is 0 Å². The van der Waals surface area contributed by atoms with Crippen LogP contribution in [0.5, 0.6) is 0 Å². The summed E-state index contributed by atoms with van der Waals surface area (Å²) in [6.45, 7) is 0.253. The molecule has 1 saturated carbocycles. The molecule has 1 saturated heterocycles. The number of aromatic nitrogens is 3. The van der Waals surface area contributed by atoms with Crippen molar-refractivity contribution in [1.82, 2.24) is 20.3 Å². The second-order valence-corrected chi connectivity index (χ2v) is 8.66. The van der Waals surface area contributed by atoms with Gasteiger partial charge in [-0.25, -0.2) is 23.7 Å². The predicted octanol–water partition coefficient (Wildman–Crippen LogP) is 3.30. The fourth-order valence-corrected chi connectivity index (χ4v) is 4.23. The van der Waals surface area contributed by atoms with Crippen molar-refractivity contribution in [3.8, 4) is 11.3 Å². The Kier molecular flexibility index (Phi) is 6.25. The van der Waals surface area contributed by atoms with Crippen LogP contribution in [0.15, 0.2) is 60.0 Å². The summed E-state index contributed by atoms with van der Waals surface area (Å²) in [4.78, 5) is 40.2. The number of hydrogen-bond acceptors (Lipinski definition) is 7. The Hall–Kier alpha value is -3.73. The molecule has 2 amide bonds. The zero-order valence-corrected chi connectivity index (χ0v) is 18.6. The molecule has 2 aliphatic rings. The summed E-state index contributed by atoms with van der Waals surface area (Å²) in [5.74, 6) is -3.05. The first-order chi connectivity index (χ1) is 16.9. The molecule has 1 N–H and O–H groups in total. The fourth-order valence-electron chi connectivity index (χ4n) is 4.23. The van der Waals surface area contributed by atoms with E-state index in [1.807, 2.05) is 0 Å². The van der Waals surface area contributed by atoms with Gasteiger partial charge in [-0.1, -0.05) is 0 Å². The number of nitrogens with one attached hydrogen (secondary N) is 1. The first kappa shape index (κ1) is 23.0. The van der Waals surface area contributed by atoms with Crippen molar-refractivity contribution in [2.45, 2.75) is 49.8 Å². The van der Waals surface area contributed by atoms with E-state index in [0.717, 1.165) is 5.56 Å². The highest BCUT2D eigenvalue weighted by Crippen LogP contribution is 2.35. The lowest BCUT2D eigenvalue weighted by Gasteiger charge is -2.34. The highest BCUT2D eigenvalue weighted by Gasteiger charge is 2.43. The third-order valence-corrected chi connectivity index (χ3v) is 6.17. The van der Waals surface area contributed by atoms with Crippen LogP contribution in [0.4, 0.5) is 14.5 Å². The van der Waals surface area contributed by atoms with Crippen LogP contribution in [0, 0.1) is 0 Å². The van der Waals surface area contributed by atoms with E-state index in [0.29, 0.717) is 17.0 Å². The zero-order chi connectivity index (χ0) is 24.4. The molecule has 5 rings (SSSR count). The van der Waals surface area contributed by atoms with Gasteiger partial charge >= 0.3 is 0 Å². The lowest BCUT2D eigenvalue weighted by atomic mass is 9.92. The van der Waals surface area contributed by atoms with Gasteiger partial charge in [0, 0.05) is 48.1 Å². The smallest absolute Gasteiger partial charge is 0.259 e. The minimum Gasteiger partial charge on any atom is -0.444 e. The number of oxazole rings is 1. The summed E-state index contributed by atoms with van der Waals surface area (Å²) in [5.41, 5.74) is 1.58. The lowest BCUT2D eigenvalue weighted by molar-refractivity contribution is -0.128. The fraction of sp³-hybridized carbons (Fsp3) is 0.375. The van der Waals surface area contributed by atoms with Crippen molar-refractivity contribution in [3.63, 3.8) is 0 Å². The van der Waals surface area contributed by atoms with Gasteiger partial charge in [-0.2, -0.15) is 0 Å². The van der Waals surface area contributed by atoms with Crippen LogP contribution in [0.2, 0.25) is 0 Å². The number of hydrogen-bond donors (Lipinski definition) is 1. The molecule has 1 aromatic carbocycles. The normalized spacial score (nSPS) is 20.1. The van der Waals surface area contributed by atoms with E-state index in [2.05, 4.69) is 20.3 Å². The number of alkyl halides is 2. The van der Waals surface area contributed by atoms with Crippen LogP contribution in [-0.2, 0) is 14.3 Å². The molecule has 35 heavy (non-hydrogen) atoms. The topological polar surface area (TPSA) is 114 Å².